The quantitative estimate of drug-likeness (QED) is 0.475. The largest absolute Gasteiger partial charge is 0.390 e. The average Bonchev–Trinajstić information content (AvgIpc) is 1.83. The lowest BCUT2D eigenvalue weighted by Crippen LogP contribution is -2.06. The van der Waals surface area contributed by atoms with Crippen LogP contribution in [0.5, 0.6) is 0 Å². The Bertz CT molecular complexity index is 111. The Morgan fingerprint density at radius 1 is 1.21 bits per heavy atom. The van der Waals surface area contributed by atoms with Gasteiger partial charge in [0.15, 0.2) is 0 Å². The number of hydrogen-bond donors (Lipinski definition) is 0. The summed E-state index contributed by atoms with van der Waals surface area (Å²) in [5.41, 5.74) is 1.22. The first kappa shape index (κ1) is 19.5. The van der Waals surface area contributed by atoms with Crippen LogP contribution < -0.4 is 0 Å². The van der Waals surface area contributed by atoms with Gasteiger partial charge in [0.1, 0.15) is 0 Å². The van der Waals surface area contributed by atoms with Crippen LogP contribution in [0.2, 0.25) is 0 Å². The van der Waals surface area contributed by atoms with E-state index in [9.17, 15) is 26.3 Å². The Morgan fingerprint density at radius 2 is 1.43 bits per heavy atom. The molecule has 0 aromatic rings. The van der Waals surface area contributed by atoms with Gasteiger partial charge in [-0.3, -0.25) is 0 Å². The van der Waals surface area contributed by atoms with Gasteiger partial charge in [-0.05, 0) is 5.54 Å². The molecule has 0 aliphatic heterocycles. The topological polar surface area (TPSA) is 0 Å². The van der Waals surface area contributed by atoms with E-state index in [1.54, 1.807) is 0 Å². The molecule has 88 valence electrons. The number of hydrogen-bond acceptors (Lipinski definition) is 0. The first-order chi connectivity index (χ1) is 6.21. The fourth-order valence-corrected chi connectivity index (χ4v) is 0.321. The van der Waals surface area contributed by atoms with Crippen LogP contribution in [0.15, 0.2) is 12.1 Å². The Hall–Kier alpha value is -0.100. The fourth-order valence-electron chi connectivity index (χ4n) is 0.107. The van der Waals surface area contributed by atoms with Gasteiger partial charge in [0.05, 0.1) is 6.42 Å². The maximum Gasteiger partial charge on any atom is 0.390 e. The van der Waals surface area contributed by atoms with Crippen molar-refractivity contribution in [2.45, 2.75) is 19.3 Å². The van der Waals surface area contributed by atoms with Gasteiger partial charge in [0, 0.05) is 5.88 Å². The monoisotopic (exact) mass is 264 g/mol. The van der Waals surface area contributed by atoms with Crippen molar-refractivity contribution in [3.05, 3.63) is 12.1 Å². The molecule has 0 rings (SSSR count). The summed E-state index contributed by atoms with van der Waals surface area (Å²) in [6.45, 7) is -0.540. The van der Waals surface area contributed by atoms with Crippen LogP contribution in [0.1, 0.15) is 6.42 Å². The molecule has 0 heterocycles. The van der Waals surface area contributed by atoms with Crippen molar-refractivity contribution in [1.29, 1.82) is 0 Å². The molecule has 0 radical (unpaired) electrons. The van der Waals surface area contributed by atoms with Gasteiger partial charge in [-0.15, -0.1) is 11.6 Å². The summed E-state index contributed by atoms with van der Waals surface area (Å²) in [7, 11) is 0. The number of halogens is 8. The molecular formula is C6H8Cl2F6. The molecule has 0 atom stereocenters. The van der Waals surface area contributed by atoms with E-state index in [-0.39, 0.29) is 5.88 Å². The highest BCUT2D eigenvalue weighted by atomic mass is 35.5. The highest BCUT2D eigenvalue weighted by Crippen LogP contribution is 2.19. The third-order valence-electron chi connectivity index (χ3n) is 0.378. The van der Waals surface area contributed by atoms with E-state index >= 15 is 0 Å². The van der Waals surface area contributed by atoms with Crippen LogP contribution in [0.4, 0.5) is 26.3 Å². The third-order valence-corrected chi connectivity index (χ3v) is 0.567. The second-order valence-corrected chi connectivity index (χ2v) is 2.14. The minimum atomic E-state index is -4.08. The van der Waals surface area contributed by atoms with Crippen molar-refractivity contribution in [2.75, 3.05) is 5.88 Å². The number of rotatable bonds is 1. The van der Waals surface area contributed by atoms with Gasteiger partial charge in [-0.2, -0.15) is 26.3 Å². The summed E-state index contributed by atoms with van der Waals surface area (Å²) in [4.78, 5) is 0. The second-order valence-electron chi connectivity index (χ2n) is 1.46. The fraction of sp³-hybridized carbons (Fsp3) is 0.667. The minimum Gasteiger partial charge on any atom is -0.174 e. The summed E-state index contributed by atoms with van der Waals surface area (Å²) in [5, 5.41) is 0. The number of alkyl halides is 7. The molecule has 0 saturated carbocycles. The maximum absolute atomic E-state index is 11.0. The Labute approximate surface area is 87.5 Å². The van der Waals surface area contributed by atoms with Crippen molar-refractivity contribution >= 4 is 23.2 Å². The molecule has 0 saturated heterocycles. The highest BCUT2D eigenvalue weighted by Gasteiger charge is 2.25. The predicted molar refractivity (Wildman–Crippen MR) is 44.6 cm³/mol. The van der Waals surface area contributed by atoms with Gasteiger partial charge in [-0.25, -0.2) is 0 Å². The molecule has 0 N–H and O–H groups in total. The summed E-state index contributed by atoms with van der Waals surface area (Å²) in [5.74, 6) is -0.344. The van der Waals surface area contributed by atoms with E-state index in [4.69, 9.17) is 23.2 Å². The van der Waals surface area contributed by atoms with Gasteiger partial charge in [0.25, 0.3) is 0 Å². The minimum absolute atomic E-state index is 0.344. The van der Waals surface area contributed by atoms with Crippen LogP contribution in [-0.4, -0.2) is 18.7 Å². The normalized spacial score (nSPS) is 9.50. The van der Waals surface area contributed by atoms with Crippen molar-refractivity contribution in [1.82, 2.24) is 0 Å². The van der Waals surface area contributed by atoms with Gasteiger partial charge in [-0.1, -0.05) is 18.2 Å². The molecule has 0 fully saturated rings. The summed E-state index contributed by atoms with van der Waals surface area (Å²) in [6, 6.07) is 0. The van der Waals surface area contributed by atoms with E-state index < -0.39 is 19.3 Å². The highest BCUT2D eigenvalue weighted by molar-refractivity contribution is 6.25. The van der Waals surface area contributed by atoms with Crippen LogP contribution in [0.3, 0.4) is 0 Å². The Kier molecular flexibility index (Phi) is 17.9. The molecule has 0 aliphatic rings. The summed E-state index contributed by atoms with van der Waals surface area (Å²) < 4.78 is 61.9. The van der Waals surface area contributed by atoms with Gasteiger partial charge in [0.2, 0.25) is 0 Å². The van der Waals surface area contributed by atoms with E-state index in [0.717, 1.165) is 0 Å². The van der Waals surface area contributed by atoms with Crippen molar-refractivity contribution in [2.24, 2.45) is 0 Å². The SMILES string of the molecule is C=CCl.FC(F)(F)CCCl.FC(F)F. The zero-order chi connectivity index (χ0) is 12.2. The van der Waals surface area contributed by atoms with E-state index in [2.05, 4.69) is 6.58 Å². The Morgan fingerprint density at radius 3 is 1.43 bits per heavy atom. The lowest BCUT2D eigenvalue weighted by molar-refractivity contribution is -0.129. The maximum atomic E-state index is 11.0. The van der Waals surface area contributed by atoms with E-state index in [1.807, 2.05) is 0 Å². The summed E-state index contributed by atoms with van der Waals surface area (Å²) in [6.07, 6.45) is -4.98. The van der Waals surface area contributed by atoms with Crippen molar-refractivity contribution in [3.63, 3.8) is 0 Å². The molecule has 0 spiro atoms. The van der Waals surface area contributed by atoms with Gasteiger partial charge >= 0.3 is 12.9 Å². The van der Waals surface area contributed by atoms with Crippen LogP contribution in [-0.2, 0) is 0 Å². The molecule has 14 heavy (non-hydrogen) atoms. The average molecular weight is 265 g/mol. The van der Waals surface area contributed by atoms with Crippen LogP contribution in [0, 0.1) is 0 Å². The van der Waals surface area contributed by atoms with Gasteiger partial charge < -0.3 is 0 Å². The second kappa shape index (κ2) is 12.9. The molecule has 0 nitrogen and oxygen atoms in total. The van der Waals surface area contributed by atoms with Crippen molar-refractivity contribution in [3.8, 4) is 0 Å². The molecule has 0 aliphatic carbocycles. The first-order valence-electron chi connectivity index (χ1n) is 2.97. The van der Waals surface area contributed by atoms with E-state index in [1.165, 1.54) is 5.54 Å². The van der Waals surface area contributed by atoms with Crippen molar-refractivity contribution < 1.29 is 26.3 Å². The molecule has 0 unspecified atom stereocenters. The molecule has 0 aromatic heterocycles. The first-order valence-corrected chi connectivity index (χ1v) is 3.94. The zero-order valence-corrected chi connectivity index (χ0v) is 8.31. The lowest BCUT2D eigenvalue weighted by Gasteiger charge is -1.99. The molecule has 0 amide bonds. The lowest BCUT2D eigenvalue weighted by atomic mass is 10.5. The standard InChI is InChI=1S/C3H4ClF3.C2H3Cl.CHF3/c4-2-1-3(5,6)7;1-2-3;2-1(3)4/h1-2H2;2H,1H2;1H. The summed E-state index contributed by atoms with van der Waals surface area (Å²) >= 11 is 9.53. The molecule has 0 aromatic carbocycles. The molecular weight excluding hydrogens is 257 g/mol. The molecule has 8 heteroatoms. The predicted octanol–water partition coefficient (Wildman–Crippen LogP) is 4.72. The smallest absolute Gasteiger partial charge is 0.174 e. The zero-order valence-electron chi connectivity index (χ0n) is 6.80. The molecule has 0 bridgehead atoms. The van der Waals surface area contributed by atoms with Crippen LogP contribution >= 0.6 is 23.2 Å². The van der Waals surface area contributed by atoms with E-state index in [0.29, 0.717) is 0 Å². The van der Waals surface area contributed by atoms with Crippen LogP contribution in [0.25, 0.3) is 0 Å². The Balaban J connectivity index is -0.000000147. The third kappa shape index (κ3) is 93.0.